The summed E-state index contributed by atoms with van der Waals surface area (Å²) in [5.74, 6) is 0.749. The zero-order valence-electron chi connectivity index (χ0n) is 10.9. The number of rotatable bonds is 4. The number of aliphatic hydroxyl groups excluding tert-OH is 1. The molecule has 0 aliphatic rings. The molecule has 0 fully saturated rings. The van der Waals surface area contributed by atoms with Gasteiger partial charge < -0.3 is 9.84 Å². The van der Waals surface area contributed by atoms with Crippen LogP contribution in [0.25, 0.3) is 10.8 Å². The number of nitrogens with zero attached hydrogens (tertiary/aromatic N) is 1. The standard InChI is InChI=1S/C17H15NO2/c19-17(16-7-3-4-10-18-16)12-20-15-9-8-13-5-1-2-6-14(13)11-15/h1-11,17,19H,12H2/t17-/m0/s1. The molecule has 1 atom stereocenters. The van der Waals surface area contributed by atoms with E-state index >= 15 is 0 Å². The van der Waals surface area contributed by atoms with Gasteiger partial charge in [0.05, 0.1) is 5.69 Å². The predicted octanol–water partition coefficient (Wildman–Crippen LogP) is 3.35. The molecule has 0 aliphatic carbocycles. The molecule has 1 N–H and O–H groups in total. The smallest absolute Gasteiger partial charge is 0.130 e. The first-order valence-corrected chi connectivity index (χ1v) is 6.53. The molecule has 3 rings (SSSR count). The van der Waals surface area contributed by atoms with Crippen LogP contribution in [0, 0.1) is 0 Å². The van der Waals surface area contributed by atoms with Crippen molar-refractivity contribution < 1.29 is 9.84 Å². The molecule has 0 bridgehead atoms. The lowest BCUT2D eigenvalue weighted by atomic mass is 10.1. The van der Waals surface area contributed by atoms with Crippen LogP contribution in [0.15, 0.2) is 66.9 Å². The van der Waals surface area contributed by atoms with E-state index < -0.39 is 6.10 Å². The largest absolute Gasteiger partial charge is 0.490 e. The summed E-state index contributed by atoms with van der Waals surface area (Å²) in [5, 5.41) is 12.3. The minimum atomic E-state index is -0.720. The van der Waals surface area contributed by atoms with Crippen molar-refractivity contribution in [2.24, 2.45) is 0 Å². The molecule has 2 aromatic carbocycles. The fourth-order valence-corrected chi connectivity index (χ4v) is 2.09. The SMILES string of the molecule is O[C@@H](COc1ccc2ccccc2c1)c1ccccn1. The molecule has 3 nitrogen and oxygen atoms in total. The summed E-state index contributed by atoms with van der Waals surface area (Å²) in [6.45, 7) is 0.190. The molecule has 0 aliphatic heterocycles. The van der Waals surface area contributed by atoms with Crippen LogP contribution in [0.4, 0.5) is 0 Å². The fraction of sp³-hybridized carbons (Fsp3) is 0.118. The van der Waals surface area contributed by atoms with Crippen molar-refractivity contribution in [3.8, 4) is 5.75 Å². The molecule has 100 valence electrons. The van der Waals surface area contributed by atoms with Crippen molar-refractivity contribution in [1.29, 1.82) is 0 Å². The van der Waals surface area contributed by atoms with E-state index in [0.29, 0.717) is 5.69 Å². The van der Waals surface area contributed by atoms with Gasteiger partial charge in [-0.05, 0) is 35.0 Å². The highest BCUT2D eigenvalue weighted by Crippen LogP contribution is 2.21. The van der Waals surface area contributed by atoms with Gasteiger partial charge in [-0.1, -0.05) is 36.4 Å². The van der Waals surface area contributed by atoms with Crippen LogP contribution in [0.1, 0.15) is 11.8 Å². The number of hydrogen-bond donors (Lipinski definition) is 1. The van der Waals surface area contributed by atoms with Crippen molar-refractivity contribution >= 4 is 10.8 Å². The van der Waals surface area contributed by atoms with E-state index in [-0.39, 0.29) is 6.61 Å². The van der Waals surface area contributed by atoms with Gasteiger partial charge in [0.15, 0.2) is 0 Å². The van der Waals surface area contributed by atoms with E-state index in [1.54, 1.807) is 12.3 Å². The Labute approximate surface area is 117 Å². The third-order valence-electron chi connectivity index (χ3n) is 3.16. The van der Waals surface area contributed by atoms with Gasteiger partial charge in [0.2, 0.25) is 0 Å². The second kappa shape index (κ2) is 5.72. The zero-order chi connectivity index (χ0) is 13.8. The minimum absolute atomic E-state index is 0.190. The van der Waals surface area contributed by atoms with Crippen LogP contribution in [0.2, 0.25) is 0 Å². The van der Waals surface area contributed by atoms with Gasteiger partial charge in [0.25, 0.3) is 0 Å². The summed E-state index contributed by atoms with van der Waals surface area (Å²) < 4.78 is 5.64. The van der Waals surface area contributed by atoms with Crippen LogP contribution in [0.5, 0.6) is 5.75 Å². The average Bonchev–Trinajstić information content (AvgIpc) is 2.53. The van der Waals surface area contributed by atoms with Crippen molar-refractivity contribution in [3.63, 3.8) is 0 Å². The van der Waals surface area contributed by atoms with Crippen LogP contribution in [0.3, 0.4) is 0 Å². The lowest BCUT2D eigenvalue weighted by Crippen LogP contribution is -2.10. The second-order valence-electron chi connectivity index (χ2n) is 4.59. The molecule has 20 heavy (non-hydrogen) atoms. The molecule has 1 aromatic heterocycles. The first-order chi connectivity index (χ1) is 9.83. The van der Waals surface area contributed by atoms with Crippen LogP contribution in [-0.4, -0.2) is 16.7 Å². The van der Waals surface area contributed by atoms with Gasteiger partial charge in [-0.15, -0.1) is 0 Å². The Hall–Kier alpha value is -2.39. The molecule has 0 radical (unpaired) electrons. The summed E-state index contributed by atoms with van der Waals surface area (Å²) in [6.07, 6.45) is 0.942. The minimum Gasteiger partial charge on any atom is -0.490 e. The Bertz CT molecular complexity index is 697. The maximum absolute atomic E-state index is 10.0. The van der Waals surface area contributed by atoms with E-state index in [0.717, 1.165) is 11.1 Å². The Kier molecular flexibility index (Phi) is 3.61. The van der Waals surface area contributed by atoms with Gasteiger partial charge in [0, 0.05) is 6.20 Å². The van der Waals surface area contributed by atoms with Crippen molar-refractivity contribution in [2.45, 2.75) is 6.10 Å². The second-order valence-corrected chi connectivity index (χ2v) is 4.59. The van der Waals surface area contributed by atoms with Gasteiger partial charge >= 0.3 is 0 Å². The molecule has 1 heterocycles. The van der Waals surface area contributed by atoms with E-state index in [1.807, 2.05) is 48.5 Å². The topological polar surface area (TPSA) is 42.4 Å². The Morgan fingerprint density at radius 1 is 0.950 bits per heavy atom. The van der Waals surface area contributed by atoms with Crippen molar-refractivity contribution in [1.82, 2.24) is 4.98 Å². The molecule has 3 heteroatoms. The molecule has 0 unspecified atom stereocenters. The summed E-state index contributed by atoms with van der Waals surface area (Å²) >= 11 is 0. The number of aliphatic hydroxyl groups is 1. The van der Waals surface area contributed by atoms with E-state index in [9.17, 15) is 5.11 Å². The van der Waals surface area contributed by atoms with E-state index in [4.69, 9.17) is 4.74 Å². The zero-order valence-corrected chi connectivity index (χ0v) is 10.9. The van der Waals surface area contributed by atoms with Gasteiger partial charge in [-0.2, -0.15) is 0 Å². The summed E-state index contributed by atoms with van der Waals surface area (Å²) in [7, 11) is 0. The average molecular weight is 265 g/mol. The maximum atomic E-state index is 10.0. The molecule has 3 aromatic rings. The molecule has 0 saturated heterocycles. The van der Waals surface area contributed by atoms with Crippen molar-refractivity contribution in [2.75, 3.05) is 6.61 Å². The van der Waals surface area contributed by atoms with E-state index in [2.05, 4.69) is 11.1 Å². The number of fused-ring (bicyclic) bond motifs is 1. The maximum Gasteiger partial charge on any atom is 0.130 e. The lowest BCUT2D eigenvalue weighted by Gasteiger charge is -2.12. The summed E-state index contributed by atoms with van der Waals surface area (Å²) in [6, 6.07) is 19.4. The number of hydrogen-bond acceptors (Lipinski definition) is 3. The normalized spacial score (nSPS) is 12.2. The molecular weight excluding hydrogens is 250 g/mol. The Morgan fingerprint density at radius 2 is 1.75 bits per heavy atom. The van der Waals surface area contributed by atoms with Gasteiger partial charge in [-0.3, -0.25) is 4.98 Å². The number of pyridine rings is 1. The third-order valence-corrected chi connectivity index (χ3v) is 3.16. The highest BCUT2D eigenvalue weighted by molar-refractivity contribution is 5.83. The first kappa shape index (κ1) is 12.6. The Balaban J connectivity index is 1.70. The molecular formula is C17H15NO2. The predicted molar refractivity (Wildman–Crippen MR) is 78.6 cm³/mol. The first-order valence-electron chi connectivity index (χ1n) is 6.53. The van der Waals surface area contributed by atoms with Crippen LogP contribution < -0.4 is 4.74 Å². The quantitative estimate of drug-likeness (QED) is 0.786. The summed E-state index contributed by atoms with van der Waals surface area (Å²) in [5.41, 5.74) is 0.619. The Morgan fingerprint density at radius 3 is 2.55 bits per heavy atom. The third kappa shape index (κ3) is 2.78. The molecule has 0 saturated carbocycles. The highest BCUT2D eigenvalue weighted by Gasteiger charge is 2.09. The molecule has 0 amide bonds. The van der Waals surface area contributed by atoms with E-state index in [1.165, 1.54) is 5.39 Å². The number of ether oxygens (including phenoxy) is 1. The fourth-order valence-electron chi connectivity index (χ4n) is 2.09. The number of aromatic nitrogens is 1. The van der Waals surface area contributed by atoms with Crippen molar-refractivity contribution in [3.05, 3.63) is 72.6 Å². The van der Waals surface area contributed by atoms with Gasteiger partial charge in [0.1, 0.15) is 18.5 Å². The summed E-state index contributed by atoms with van der Waals surface area (Å²) in [4.78, 5) is 4.11. The monoisotopic (exact) mass is 265 g/mol. The lowest BCUT2D eigenvalue weighted by molar-refractivity contribution is 0.105. The number of benzene rings is 2. The van der Waals surface area contributed by atoms with Crippen LogP contribution >= 0.6 is 0 Å². The van der Waals surface area contributed by atoms with Crippen LogP contribution in [-0.2, 0) is 0 Å². The van der Waals surface area contributed by atoms with Gasteiger partial charge in [-0.25, -0.2) is 0 Å². The molecule has 0 spiro atoms. The highest BCUT2D eigenvalue weighted by atomic mass is 16.5.